The smallest absolute Gasteiger partial charge is 0.284 e. The molecule has 1 aliphatic heterocycles. The molecule has 7 heteroatoms. The number of aromatic nitrogens is 1. The Morgan fingerprint density at radius 3 is 2.56 bits per heavy atom. The minimum absolute atomic E-state index is 0.121. The van der Waals surface area contributed by atoms with Crippen LogP contribution in [0.1, 0.15) is 31.2 Å². The van der Waals surface area contributed by atoms with Gasteiger partial charge in [-0.05, 0) is 48.5 Å². The predicted molar refractivity (Wildman–Crippen MR) is 101 cm³/mol. The van der Waals surface area contributed by atoms with Gasteiger partial charge in [0.05, 0.1) is 11.3 Å². The van der Waals surface area contributed by atoms with E-state index < -0.39 is 11.8 Å². The fourth-order valence-electron chi connectivity index (χ4n) is 2.86. The van der Waals surface area contributed by atoms with Crippen molar-refractivity contribution in [1.82, 2.24) is 4.98 Å². The molecule has 0 bridgehead atoms. The molecule has 4 rings (SSSR count). The van der Waals surface area contributed by atoms with E-state index in [9.17, 15) is 14.4 Å². The molecule has 27 heavy (non-hydrogen) atoms. The zero-order valence-corrected chi connectivity index (χ0v) is 14.6. The summed E-state index contributed by atoms with van der Waals surface area (Å²) in [6.45, 7) is 0. The standard InChI is InChI=1S/C20H12ClN3O3/c21-13-5-1-4-12(10-13)18(25)23-14-6-2-7-15(11-14)24-19(26)16-8-3-9-22-17(16)20(24)27/h1-11H,(H,23,25). The van der Waals surface area contributed by atoms with Crippen LogP contribution in [0.15, 0.2) is 66.9 Å². The number of hydrogen-bond acceptors (Lipinski definition) is 4. The maximum Gasteiger partial charge on any atom is 0.284 e. The summed E-state index contributed by atoms with van der Waals surface area (Å²) in [5.41, 5.74) is 1.58. The molecule has 6 nitrogen and oxygen atoms in total. The number of fused-ring (bicyclic) bond motifs is 1. The number of benzene rings is 2. The molecule has 0 atom stereocenters. The van der Waals surface area contributed by atoms with Crippen LogP contribution in [0.25, 0.3) is 0 Å². The molecule has 2 aromatic carbocycles. The Morgan fingerprint density at radius 2 is 1.78 bits per heavy atom. The van der Waals surface area contributed by atoms with Gasteiger partial charge in [0.15, 0.2) is 0 Å². The third-order valence-electron chi connectivity index (χ3n) is 4.10. The van der Waals surface area contributed by atoms with Crippen molar-refractivity contribution in [3.05, 3.63) is 88.7 Å². The lowest BCUT2D eigenvalue weighted by atomic mass is 10.2. The zero-order chi connectivity index (χ0) is 19.0. The van der Waals surface area contributed by atoms with Gasteiger partial charge in [0, 0.05) is 22.5 Å². The quantitative estimate of drug-likeness (QED) is 0.704. The van der Waals surface area contributed by atoms with Crippen LogP contribution in [0.5, 0.6) is 0 Å². The molecule has 0 fully saturated rings. The maximum absolute atomic E-state index is 12.6. The third kappa shape index (κ3) is 3.07. The summed E-state index contributed by atoms with van der Waals surface area (Å²) in [6.07, 6.45) is 1.47. The molecule has 3 amide bonds. The summed E-state index contributed by atoms with van der Waals surface area (Å²) in [6, 6.07) is 16.2. The highest BCUT2D eigenvalue weighted by Crippen LogP contribution is 2.28. The lowest BCUT2D eigenvalue weighted by Crippen LogP contribution is -2.29. The van der Waals surface area contributed by atoms with Crippen molar-refractivity contribution < 1.29 is 14.4 Å². The number of carbonyl (C=O) groups is 3. The predicted octanol–water partition coefficient (Wildman–Crippen LogP) is 3.79. The van der Waals surface area contributed by atoms with Crippen molar-refractivity contribution in [3.8, 4) is 0 Å². The van der Waals surface area contributed by atoms with E-state index in [0.29, 0.717) is 22.0 Å². The van der Waals surface area contributed by atoms with Crippen molar-refractivity contribution in [3.63, 3.8) is 0 Å². The highest BCUT2D eigenvalue weighted by atomic mass is 35.5. The molecular weight excluding hydrogens is 366 g/mol. The second-order valence-electron chi connectivity index (χ2n) is 5.86. The first kappa shape index (κ1) is 16.9. The third-order valence-corrected chi connectivity index (χ3v) is 4.33. The Kier molecular flexibility index (Phi) is 4.18. The Bertz CT molecular complexity index is 1060. The van der Waals surface area contributed by atoms with Gasteiger partial charge in [0.25, 0.3) is 17.7 Å². The monoisotopic (exact) mass is 377 g/mol. The van der Waals surface area contributed by atoms with Crippen molar-refractivity contribution in [1.29, 1.82) is 0 Å². The van der Waals surface area contributed by atoms with E-state index in [2.05, 4.69) is 10.3 Å². The number of hydrogen-bond donors (Lipinski definition) is 1. The van der Waals surface area contributed by atoms with Crippen LogP contribution in [0, 0.1) is 0 Å². The summed E-state index contributed by atoms with van der Waals surface area (Å²) in [7, 11) is 0. The van der Waals surface area contributed by atoms with Gasteiger partial charge in [-0.1, -0.05) is 23.7 Å². The first-order chi connectivity index (χ1) is 13.0. The second-order valence-corrected chi connectivity index (χ2v) is 6.30. The molecule has 1 aliphatic rings. The van der Waals surface area contributed by atoms with Gasteiger partial charge in [-0.25, -0.2) is 4.90 Å². The molecule has 3 aromatic rings. The lowest BCUT2D eigenvalue weighted by Gasteiger charge is -2.15. The molecule has 0 unspecified atom stereocenters. The molecule has 132 valence electrons. The van der Waals surface area contributed by atoms with Gasteiger partial charge in [-0.15, -0.1) is 0 Å². The van der Waals surface area contributed by atoms with Crippen LogP contribution in [-0.4, -0.2) is 22.7 Å². The van der Waals surface area contributed by atoms with Crippen molar-refractivity contribution >= 4 is 40.7 Å². The molecule has 1 N–H and O–H groups in total. The number of imide groups is 1. The Labute approximate surface area is 159 Å². The van der Waals surface area contributed by atoms with Crippen LogP contribution >= 0.6 is 11.6 Å². The number of halogens is 1. The molecular formula is C20H12ClN3O3. The average molecular weight is 378 g/mol. The van der Waals surface area contributed by atoms with E-state index in [4.69, 9.17) is 11.6 Å². The van der Waals surface area contributed by atoms with Gasteiger partial charge >= 0.3 is 0 Å². The van der Waals surface area contributed by atoms with Gasteiger partial charge in [-0.2, -0.15) is 0 Å². The van der Waals surface area contributed by atoms with E-state index in [1.807, 2.05) is 0 Å². The van der Waals surface area contributed by atoms with E-state index in [0.717, 1.165) is 4.90 Å². The van der Waals surface area contributed by atoms with Crippen molar-refractivity contribution in [2.75, 3.05) is 10.2 Å². The van der Waals surface area contributed by atoms with Gasteiger partial charge in [0.2, 0.25) is 0 Å². The van der Waals surface area contributed by atoms with Crippen LogP contribution in [0.3, 0.4) is 0 Å². The minimum Gasteiger partial charge on any atom is -0.322 e. The van der Waals surface area contributed by atoms with Crippen LogP contribution in [-0.2, 0) is 0 Å². The lowest BCUT2D eigenvalue weighted by molar-refractivity contribution is 0.0923. The molecule has 1 aromatic heterocycles. The highest BCUT2D eigenvalue weighted by molar-refractivity contribution is 6.34. The molecule has 0 aliphatic carbocycles. The number of nitrogens with one attached hydrogen (secondary N) is 1. The first-order valence-corrected chi connectivity index (χ1v) is 8.43. The van der Waals surface area contributed by atoms with Gasteiger partial charge in [-0.3, -0.25) is 19.4 Å². The van der Waals surface area contributed by atoms with E-state index in [1.165, 1.54) is 6.20 Å². The van der Waals surface area contributed by atoms with Crippen molar-refractivity contribution in [2.45, 2.75) is 0 Å². The van der Waals surface area contributed by atoms with Gasteiger partial charge < -0.3 is 5.32 Å². The minimum atomic E-state index is -0.492. The zero-order valence-electron chi connectivity index (χ0n) is 13.8. The van der Waals surface area contributed by atoms with Crippen LogP contribution in [0.4, 0.5) is 11.4 Å². The molecule has 0 spiro atoms. The first-order valence-electron chi connectivity index (χ1n) is 8.05. The fraction of sp³-hybridized carbons (Fsp3) is 0. The van der Waals surface area contributed by atoms with Crippen LogP contribution < -0.4 is 10.2 Å². The normalized spacial score (nSPS) is 12.9. The van der Waals surface area contributed by atoms with E-state index in [-0.39, 0.29) is 17.2 Å². The fourth-order valence-corrected chi connectivity index (χ4v) is 3.05. The van der Waals surface area contributed by atoms with Crippen LogP contribution in [0.2, 0.25) is 5.02 Å². The number of anilines is 2. The summed E-state index contributed by atoms with van der Waals surface area (Å²) in [4.78, 5) is 42.5. The SMILES string of the molecule is O=C(Nc1cccc(N2C(=O)c3cccnc3C2=O)c1)c1cccc(Cl)c1. The van der Waals surface area contributed by atoms with E-state index in [1.54, 1.807) is 60.7 Å². The maximum atomic E-state index is 12.6. The highest BCUT2D eigenvalue weighted by Gasteiger charge is 2.37. The number of pyridine rings is 1. The van der Waals surface area contributed by atoms with Gasteiger partial charge in [0.1, 0.15) is 5.69 Å². The largest absolute Gasteiger partial charge is 0.322 e. The molecule has 0 radical (unpaired) electrons. The number of nitrogens with zero attached hydrogens (tertiary/aromatic N) is 2. The molecule has 0 saturated heterocycles. The number of carbonyl (C=O) groups excluding carboxylic acids is 3. The summed E-state index contributed by atoms with van der Waals surface area (Å²) in [5.74, 6) is -1.28. The average Bonchev–Trinajstić information content (AvgIpc) is 2.93. The molecule has 2 heterocycles. The molecule has 0 saturated carbocycles. The number of rotatable bonds is 3. The Hall–Kier alpha value is -3.51. The summed E-state index contributed by atoms with van der Waals surface area (Å²) < 4.78 is 0. The second kappa shape index (κ2) is 6.66. The summed E-state index contributed by atoms with van der Waals surface area (Å²) >= 11 is 5.91. The number of amides is 3. The Balaban J connectivity index is 1.61. The van der Waals surface area contributed by atoms with E-state index >= 15 is 0 Å². The Morgan fingerprint density at radius 1 is 0.963 bits per heavy atom. The summed E-state index contributed by atoms with van der Waals surface area (Å²) in [5, 5.41) is 3.19. The van der Waals surface area contributed by atoms with Crippen molar-refractivity contribution in [2.24, 2.45) is 0 Å². The topological polar surface area (TPSA) is 79.4 Å².